The van der Waals surface area contributed by atoms with Gasteiger partial charge in [0.1, 0.15) is 0 Å². The largest absolute Gasteiger partial charge is 0.478 e. The second kappa shape index (κ2) is 7.47. The van der Waals surface area contributed by atoms with Gasteiger partial charge in [-0.2, -0.15) is 18.4 Å². The third-order valence-electron chi connectivity index (χ3n) is 3.87. The number of amides is 1. The van der Waals surface area contributed by atoms with Crippen LogP contribution in [-0.2, 0) is 6.18 Å². The second-order valence-corrected chi connectivity index (χ2v) is 5.75. The number of carboxylic acid groups (broad SMARTS) is 1. The fourth-order valence-corrected chi connectivity index (χ4v) is 2.54. The lowest BCUT2D eigenvalue weighted by Gasteiger charge is -2.09. The topological polar surface area (TPSA) is 116 Å². The highest BCUT2D eigenvalue weighted by Crippen LogP contribution is 2.37. The van der Waals surface area contributed by atoms with Crippen LogP contribution in [0.5, 0.6) is 0 Å². The van der Waals surface area contributed by atoms with Crippen LogP contribution in [0.25, 0.3) is 11.3 Å². The van der Waals surface area contributed by atoms with Gasteiger partial charge in [-0.3, -0.25) is 4.79 Å². The Labute approximate surface area is 161 Å². The van der Waals surface area contributed by atoms with Crippen LogP contribution >= 0.6 is 0 Å². The Morgan fingerprint density at radius 2 is 1.86 bits per heavy atom. The van der Waals surface area contributed by atoms with Crippen LogP contribution in [0.15, 0.2) is 53.1 Å². The average Bonchev–Trinajstić information content (AvgIpc) is 3.17. The smallest absolute Gasteiger partial charge is 0.417 e. The minimum Gasteiger partial charge on any atom is -0.478 e. The van der Waals surface area contributed by atoms with Gasteiger partial charge in [-0.15, -0.1) is 0 Å². The van der Waals surface area contributed by atoms with Crippen molar-refractivity contribution in [2.45, 2.75) is 6.18 Å². The minimum atomic E-state index is -4.63. The van der Waals surface area contributed by atoms with Gasteiger partial charge in [-0.1, -0.05) is 23.4 Å². The van der Waals surface area contributed by atoms with E-state index < -0.39 is 23.6 Å². The van der Waals surface area contributed by atoms with Crippen LogP contribution in [0.1, 0.15) is 32.0 Å². The first-order chi connectivity index (χ1) is 13.7. The van der Waals surface area contributed by atoms with Gasteiger partial charge in [-0.05, 0) is 24.3 Å². The van der Waals surface area contributed by atoms with Crippen LogP contribution in [0.4, 0.5) is 18.9 Å². The van der Waals surface area contributed by atoms with Crippen molar-refractivity contribution >= 4 is 17.6 Å². The third-order valence-corrected chi connectivity index (χ3v) is 3.87. The molecule has 2 N–H and O–H groups in total. The highest BCUT2D eigenvalue weighted by molar-refractivity contribution is 6.07. The molecule has 146 valence electrons. The van der Waals surface area contributed by atoms with Crippen molar-refractivity contribution in [2.24, 2.45) is 0 Å². The summed E-state index contributed by atoms with van der Waals surface area (Å²) in [6.07, 6.45) is -4.63. The maximum Gasteiger partial charge on any atom is 0.417 e. The summed E-state index contributed by atoms with van der Waals surface area (Å²) < 4.78 is 44.3. The van der Waals surface area contributed by atoms with Gasteiger partial charge >= 0.3 is 12.1 Å². The van der Waals surface area contributed by atoms with E-state index in [-0.39, 0.29) is 33.8 Å². The standard InChI is InChI=1S/C19H10F3N3O4/c20-19(21,22)13-4-2-1-3-11(13)16-8-15(25-29-16)17(26)24-14-6-5-10(9-23)7-12(14)18(27)28/h1-8H,(H,24,26)(H,27,28). The third kappa shape index (κ3) is 4.08. The molecule has 0 spiro atoms. The molecule has 0 saturated heterocycles. The average molecular weight is 401 g/mol. The number of alkyl halides is 3. The monoisotopic (exact) mass is 401 g/mol. The number of aromatic nitrogens is 1. The molecule has 0 aliphatic carbocycles. The summed E-state index contributed by atoms with van der Waals surface area (Å²) in [5.41, 5.74) is -1.96. The molecule has 0 aliphatic rings. The molecule has 0 saturated carbocycles. The number of benzene rings is 2. The van der Waals surface area contributed by atoms with E-state index in [0.29, 0.717) is 0 Å². The van der Waals surface area contributed by atoms with E-state index in [2.05, 4.69) is 10.5 Å². The Morgan fingerprint density at radius 3 is 2.52 bits per heavy atom. The molecule has 3 rings (SSSR count). The van der Waals surface area contributed by atoms with Gasteiger partial charge in [0, 0.05) is 11.6 Å². The molecular weight excluding hydrogens is 391 g/mol. The number of carbonyl (C=O) groups excluding carboxylic acids is 1. The van der Waals surface area contributed by atoms with Gasteiger partial charge in [0.2, 0.25) is 0 Å². The number of aromatic carboxylic acids is 1. The van der Waals surface area contributed by atoms with Gasteiger partial charge in [-0.25, -0.2) is 4.79 Å². The van der Waals surface area contributed by atoms with E-state index in [1.807, 2.05) is 0 Å². The normalized spacial score (nSPS) is 11.0. The lowest BCUT2D eigenvalue weighted by atomic mass is 10.0. The number of nitriles is 1. The Kier molecular flexibility index (Phi) is 5.06. The summed E-state index contributed by atoms with van der Waals surface area (Å²) in [5, 5.41) is 23.8. The molecule has 1 heterocycles. The van der Waals surface area contributed by atoms with Crippen LogP contribution in [-0.4, -0.2) is 22.1 Å². The Balaban J connectivity index is 1.91. The zero-order valence-corrected chi connectivity index (χ0v) is 14.3. The number of carbonyl (C=O) groups is 2. The summed E-state index contributed by atoms with van der Waals surface area (Å²) in [7, 11) is 0. The van der Waals surface area contributed by atoms with Gasteiger partial charge in [0.25, 0.3) is 5.91 Å². The Bertz CT molecular complexity index is 1150. The summed E-state index contributed by atoms with van der Waals surface area (Å²) in [4.78, 5) is 23.7. The molecule has 0 radical (unpaired) electrons. The first kappa shape index (κ1) is 19.6. The van der Waals surface area contributed by atoms with E-state index in [4.69, 9.17) is 9.78 Å². The molecule has 7 nitrogen and oxygen atoms in total. The summed E-state index contributed by atoms with van der Waals surface area (Å²) in [6.45, 7) is 0. The Hall–Kier alpha value is -4.13. The van der Waals surface area contributed by atoms with E-state index in [1.54, 1.807) is 6.07 Å². The van der Waals surface area contributed by atoms with E-state index in [9.17, 15) is 27.9 Å². The van der Waals surface area contributed by atoms with Crippen molar-refractivity contribution < 1.29 is 32.4 Å². The minimum absolute atomic E-state index is 0.0767. The SMILES string of the molecule is N#Cc1ccc(NC(=O)c2cc(-c3ccccc3C(F)(F)F)on2)c(C(=O)O)c1. The van der Waals surface area contributed by atoms with Crippen molar-refractivity contribution in [2.75, 3.05) is 5.32 Å². The molecule has 0 unspecified atom stereocenters. The molecule has 1 amide bonds. The highest BCUT2D eigenvalue weighted by Gasteiger charge is 2.34. The van der Waals surface area contributed by atoms with Crippen LogP contribution in [0, 0.1) is 11.3 Å². The zero-order valence-electron chi connectivity index (χ0n) is 14.3. The van der Waals surface area contributed by atoms with Crippen molar-refractivity contribution in [3.8, 4) is 17.4 Å². The predicted molar refractivity (Wildman–Crippen MR) is 93.0 cm³/mol. The number of carboxylic acids is 1. The molecule has 29 heavy (non-hydrogen) atoms. The molecular formula is C19H10F3N3O4. The lowest BCUT2D eigenvalue weighted by Crippen LogP contribution is -2.15. The molecule has 3 aromatic rings. The maximum atomic E-state index is 13.1. The fourth-order valence-electron chi connectivity index (χ4n) is 2.54. The lowest BCUT2D eigenvalue weighted by molar-refractivity contribution is -0.137. The first-order valence-corrected chi connectivity index (χ1v) is 7.93. The number of rotatable bonds is 4. The van der Waals surface area contributed by atoms with Gasteiger partial charge < -0.3 is 14.9 Å². The number of nitrogens with zero attached hydrogens (tertiary/aromatic N) is 2. The number of nitrogens with one attached hydrogen (secondary N) is 1. The highest BCUT2D eigenvalue weighted by atomic mass is 19.4. The Morgan fingerprint density at radius 1 is 1.14 bits per heavy atom. The van der Waals surface area contributed by atoms with Crippen LogP contribution in [0.3, 0.4) is 0 Å². The molecule has 10 heteroatoms. The molecule has 0 atom stereocenters. The van der Waals surface area contributed by atoms with E-state index in [1.165, 1.54) is 30.3 Å². The van der Waals surface area contributed by atoms with Crippen molar-refractivity contribution in [1.29, 1.82) is 5.26 Å². The number of halogens is 3. The molecule has 0 bridgehead atoms. The van der Waals surface area contributed by atoms with E-state index in [0.717, 1.165) is 18.2 Å². The van der Waals surface area contributed by atoms with Gasteiger partial charge in [0.05, 0.1) is 28.4 Å². The quantitative estimate of drug-likeness (QED) is 0.677. The van der Waals surface area contributed by atoms with Gasteiger partial charge in [0.15, 0.2) is 11.5 Å². The molecule has 0 aliphatic heterocycles. The van der Waals surface area contributed by atoms with Crippen LogP contribution < -0.4 is 5.32 Å². The maximum absolute atomic E-state index is 13.1. The second-order valence-electron chi connectivity index (χ2n) is 5.75. The first-order valence-electron chi connectivity index (χ1n) is 7.93. The summed E-state index contributed by atoms with van der Waals surface area (Å²) >= 11 is 0. The zero-order chi connectivity index (χ0) is 21.2. The summed E-state index contributed by atoms with van der Waals surface area (Å²) in [5.74, 6) is -2.55. The van der Waals surface area contributed by atoms with E-state index >= 15 is 0 Å². The molecule has 1 aromatic heterocycles. The fraction of sp³-hybridized carbons (Fsp3) is 0.0526. The van der Waals surface area contributed by atoms with Crippen molar-refractivity contribution in [3.63, 3.8) is 0 Å². The summed E-state index contributed by atoms with van der Waals surface area (Å²) in [6, 6.07) is 11.0. The molecule has 0 fully saturated rings. The number of hydrogen-bond acceptors (Lipinski definition) is 5. The van der Waals surface area contributed by atoms with Crippen molar-refractivity contribution in [1.82, 2.24) is 5.16 Å². The van der Waals surface area contributed by atoms with Crippen LogP contribution in [0.2, 0.25) is 0 Å². The number of anilines is 1. The molecule has 2 aromatic carbocycles. The number of hydrogen-bond donors (Lipinski definition) is 2. The van der Waals surface area contributed by atoms with Crippen molar-refractivity contribution in [3.05, 3.63) is 70.9 Å². The predicted octanol–water partition coefficient (Wildman–Crippen LogP) is 4.18.